The van der Waals surface area contributed by atoms with Crippen LogP contribution < -0.4 is 4.31 Å². The van der Waals surface area contributed by atoms with Gasteiger partial charge in [0.2, 0.25) is 15.9 Å². The molecule has 1 fully saturated rings. The van der Waals surface area contributed by atoms with Crippen LogP contribution in [0.4, 0.5) is 5.69 Å². The third-order valence-electron chi connectivity index (χ3n) is 3.71. The molecule has 0 saturated carbocycles. The van der Waals surface area contributed by atoms with Gasteiger partial charge in [-0.05, 0) is 38.3 Å². The standard InChI is InChI=1S/C15H22N2O3S/c1-13-6-8-14(9-7-13)17(21(2,19)20)12-15(18)16-10-4-3-5-11-16/h6-9H,3-5,10-12H2,1-2H3. The summed E-state index contributed by atoms with van der Waals surface area (Å²) < 4.78 is 25.2. The SMILES string of the molecule is Cc1ccc(N(CC(=O)N2CCCCC2)S(C)(=O)=O)cc1. The summed E-state index contributed by atoms with van der Waals surface area (Å²) in [6, 6.07) is 7.16. The van der Waals surface area contributed by atoms with Crippen molar-refractivity contribution in [1.82, 2.24) is 4.90 Å². The van der Waals surface area contributed by atoms with Gasteiger partial charge in [0.1, 0.15) is 6.54 Å². The molecule has 1 aliphatic heterocycles. The van der Waals surface area contributed by atoms with E-state index >= 15 is 0 Å². The Morgan fingerprint density at radius 1 is 1.14 bits per heavy atom. The van der Waals surface area contributed by atoms with Crippen molar-refractivity contribution in [1.29, 1.82) is 0 Å². The Morgan fingerprint density at radius 2 is 1.71 bits per heavy atom. The molecule has 6 heteroatoms. The number of aryl methyl sites for hydroxylation is 1. The molecule has 0 radical (unpaired) electrons. The maximum absolute atomic E-state index is 12.3. The Labute approximate surface area is 126 Å². The molecule has 1 heterocycles. The number of amides is 1. The quantitative estimate of drug-likeness (QED) is 0.851. The smallest absolute Gasteiger partial charge is 0.243 e. The summed E-state index contributed by atoms with van der Waals surface area (Å²) in [5, 5.41) is 0. The minimum Gasteiger partial charge on any atom is -0.341 e. The summed E-state index contributed by atoms with van der Waals surface area (Å²) in [5.41, 5.74) is 1.59. The Kier molecular flexibility index (Phi) is 4.88. The van der Waals surface area contributed by atoms with Gasteiger partial charge in [0, 0.05) is 13.1 Å². The molecule has 1 aromatic carbocycles. The van der Waals surface area contributed by atoms with E-state index in [4.69, 9.17) is 0 Å². The van der Waals surface area contributed by atoms with Crippen molar-refractivity contribution < 1.29 is 13.2 Å². The molecule has 0 bridgehead atoms. The maximum atomic E-state index is 12.3. The zero-order valence-corrected chi connectivity index (χ0v) is 13.4. The average Bonchev–Trinajstić information content (AvgIpc) is 2.45. The second-order valence-corrected chi connectivity index (χ2v) is 7.45. The first kappa shape index (κ1) is 15.8. The van der Waals surface area contributed by atoms with Gasteiger partial charge in [-0.3, -0.25) is 9.10 Å². The summed E-state index contributed by atoms with van der Waals surface area (Å²) in [6.07, 6.45) is 4.26. The largest absolute Gasteiger partial charge is 0.341 e. The van der Waals surface area contributed by atoms with Crippen LogP contribution in [0.25, 0.3) is 0 Å². The number of nitrogens with zero attached hydrogens (tertiary/aromatic N) is 2. The monoisotopic (exact) mass is 310 g/mol. The second kappa shape index (κ2) is 6.47. The van der Waals surface area contributed by atoms with Crippen LogP contribution in [-0.4, -0.2) is 45.1 Å². The average molecular weight is 310 g/mol. The first-order chi connectivity index (χ1) is 9.88. The van der Waals surface area contributed by atoms with Gasteiger partial charge in [-0.15, -0.1) is 0 Å². The first-order valence-electron chi connectivity index (χ1n) is 7.20. The first-order valence-corrected chi connectivity index (χ1v) is 9.05. The molecule has 0 spiro atoms. The van der Waals surface area contributed by atoms with E-state index in [-0.39, 0.29) is 12.5 Å². The molecule has 1 amide bonds. The van der Waals surface area contributed by atoms with Crippen LogP contribution in [-0.2, 0) is 14.8 Å². The van der Waals surface area contributed by atoms with Crippen LogP contribution in [0.3, 0.4) is 0 Å². The number of sulfonamides is 1. The topological polar surface area (TPSA) is 57.7 Å². The Hall–Kier alpha value is -1.56. The summed E-state index contributed by atoms with van der Waals surface area (Å²) in [5.74, 6) is -0.124. The van der Waals surface area contributed by atoms with E-state index in [0.29, 0.717) is 5.69 Å². The molecule has 1 aromatic rings. The third-order valence-corrected chi connectivity index (χ3v) is 4.85. The number of likely N-dealkylation sites (tertiary alicyclic amines) is 1. The molecule has 2 rings (SSSR count). The van der Waals surface area contributed by atoms with Crippen LogP contribution >= 0.6 is 0 Å². The zero-order chi connectivity index (χ0) is 15.5. The Bertz CT molecular complexity index is 590. The lowest BCUT2D eigenvalue weighted by atomic mass is 10.1. The number of carbonyl (C=O) groups is 1. The van der Waals surface area contributed by atoms with Crippen molar-refractivity contribution in [2.75, 3.05) is 30.2 Å². The van der Waals surface area contributed by atoms with E-state index in [9.17, 15) is 13.2 Å². The predicted molar refractivity (Wildman–Crippen MR) is 83.8 cm³/mol. The second-order valence-electron chi connectivity index (χ2n) is 5.55. The lowest BCUT2D eigenvalue weighted by molar-refractivity contribution is -0.130. The highest BCUT2D eigenvalue weighted by atomic mass is 32.2. The Balaban J connectivity index is 2.17. The summed E-state index contributed by atoms with van der Waals surface area (Å²) >= 11 is 0. The van der Waals surface area contributed by atoms with Crippen LogP contribution in [0.15, 0.2) is 24.3 Å². The maximum Gasteiger partial charge on any atom is 0.243 e. The van der Waals surface area contributed by atoms with Crippen molar-refractivity contribution in [2.24, 2.45) is 0 Å². The predicted octanol–water partition coefficient (Wildman–Crippen LogP) is 1.77. The molecule has 1 aliphatic rings. The molecule has 0 atom stereocenters. The van der Waals surface area contributed by atoms with Gasteiger partial charge in [0.05, 0.1) is 11.9 Å². The summed E-state index contributed by atoms with van der Waals surface area (Å²) in [4.78, 5) is 14.1. The van der Waals surface area contributed by atoms with Gasteiger partial charge < -0.3 is 4.90 Å². The van der Waals surface area contributed by atoms with Gasteiger partial charge in [-0.25, -0.2) is 8.42 Å². The van der Waals surface area contributed by atoms with Gasteiger partial charge in [0.25, 0.3) is 0 Å². The van der Waals surface area contributed by atoms with E-state index in [2.05, 4.69) is 0 Å². The van der Waals surface area contributed by atoms with Crippen molar-refractivity contribution in [3.63, 3.8) is 0 Å². The molecular formula is C15H22N2O3S. The number of anilines is 1. The van der Waals surface area contributed by atoms with Crippen molar-refractivity contribution >= 4 is 21.6 Å². The molecule has 5 nitrogen and oxygen atoms in total. The van der Waals surface area contributed by atoms with Gasteiger partial charge in [-0.2, -0.15) is 0 Å². The fourth-order valence-electron chi connectivity index (χ4n) is 2.48. The highest BCUT2D eigenvalue weighted by molar-refractivity contribution is 7.92. The molecular weight excluding hydrogens is 288 g/mol. The van der Waals surface area contributed by atoms with Gasteiger partial charge >= 0.3 is 0 Å². The lowest BCUT2D eigenvalue weighted by Crippen LogP contribution is -2.44. The van der Waals surface area contributed by atoms with E-state index in [0.717, 1.165) is 44.2 Å². The fourth-order valence-corrected chi connectivity index (χ4v) is 3.33. The molecule has 1 saturated heterocycles. The van der Waals surface area contributed by atoms with E-state index in [1.165, 1.54) is 4.31 Å². The highest BCUT2D eigenvalue weighted by Gasteiger charge is 2.24. The van der Waals surface area contributed by atoms with E-state index in [1.54, 1.807) is 17.0 Å². The molecule has 116 valence electrons. The molecule has 0 aliphatic carbocycles. The van der Waals surface area contributed by atoms with Crippen molar-refractivity contribution in [2.45, 2.75) is 26.2 Å². The minimum absolute atomic E-state index is 0.123. The van der Waals surface area contributed by atoms with Crippen LogP contribution in [0.1, 0.15) is 24.8 Å². The highest BCUT2D eigenvalue weighted by Crippen LogP contribution is 2.19. The van der Waals surface area contributed by atoms with Crippen LogP contribution in [0.5, 0.6) is 0 Å². The summed E-state index contributed by atoms with van der Waals surface area (Å²) in [6.45, 7) is 3.27. The van der Waals surface area contributed by atoms with Gasteiger partial charge in [-0.1, -0.05) is 17.7 Å². The van der Waals surface area contributed by atoms with E-state index < -0.39 is 10.0 Å². The Morgan fingerprint density at radius 3 is 2.24 bits per heavy atom. The molecule has 0 unspecified atom stereocenters. The number of hydrogen-bond donors (Lipinski definition) is 0. The molecule has 0 aromatic heterocycles. The molecule has 0 N–H and O–H groups in total. The lowest BCUT2D eigenvalue weighted by Gasteiger charge is -2.30. The fraction of sp³-hybridized carbons (Fsp3) is 0.533. The number of hydrogen-bond acceptors (Lipinski definition) is 3. The third kappa shape index (κ3) is 4.20. The number of carbonyl (C=O) groups excluding carboxylic acids is 1. The molecule has 21 heavy (non-hydrogen) atoms. The number of benzene rings is 1. The van der Waals surface area contributed by atoms with Gasteiger partial charge in [0.15, 0.2) is 0 Å². The number of rotatable bonds is 4. The van der Waals surface area contributed by atoms with Crippen LogP contribution in [0, 0.1) is 6.92 Å². The zero-order valence-electron chi connectivity index (χ0n) is 12.6. The van der Waals surface area contributed by atoms with E-state index in [1.807, 2.05) is 19.1 Å². The number of piperidine rings is 1. The summed E-state index contributed by atoms with van der Waals surface area (Å²) in [7, 11) is -3.48. The normalized spacial score (nSPS) is 15.8. The van der Waals surface area contributed by atoms with Crippen LogP contribution in [0.2, 0.25) is 0 Å². The van der Waals surface area contributed by atoms with Crippen molar-refractivity contribution in [3.8, 4) is 0 Å². The minimum atomic E-state index is -3.48. The van der Waals surface area contributed by atoms with Crippen molar-refractivity contribution in [3.05, 3.63) is 29.8 Å².